The molecule has 0 saturated carbocycles. The van der Waals surface area contributed by atoms with E-state index in [1.165, 1.54) is 21.3 Å². The van der Waals surface area contributed by atoms with E-state index in [0.717, 1.165) is 36.9 Å². The Labute approximate surface area is 175 Å². The molecule has 3 aromatic rings. The minimum atomic E-state index is -3.57. The smallest absolute Gasteiger partial charge is 0.276 e. The summed E-state index contributed by atoms with van der Waals surface area (Å²) in [6.07, 6.45) is 9.08. The van der Waals surface area contributed by atoms with Crippen LogP contribution in [0.2, 0.25) is 0 Å². The van der Waals surface area contributed by atoms with E-state index >= 15 is 0 Å². The standard InChI is InChI=1S/C21H25N5O3S/c1-16-19(13-17-7-6-10-22-14-17)21(27)26(24-16)20-9-8-18(15-23-20)30(28,29)25-11-4-2-3-5-12-25/h6-10,14-15,24H,2-5,11-13H2,1H3. The average Bonchev–Trinajstić information content (AvgIpc) is 2.96. The topological polar surface area (TPSA) is 101 Å². The van der Waals surface area contributed by atoms with E-state index in [1.807, 2.05) is 19.1 Å². The highest BCUT2D eigenvalue weighted by Gasteiger charge is 2.25. The zero-order valence-electron chi connectivity index (χ0n) is 16.9. The van der Waals surface area contributed by atoms with Gasteiger partial charge < -0.3 is 0 Å². The number of nitrogens with one attached hydrogen (secondary N) is 1. The van der Waals surface area contributed by atoms with Crippen LogP contribution < -0.4 is 5.56 Å². The molecule has 1 aliphatic rings. The van der Waals surface area contributed by atoms with Crippen LogP contribution >= 0.6 is 0 Å². The Morgan fingerprint density at radius 1 is 1.07 bits per heavy atom. The SMILES string of the molecule is Cc1[nH]n(-c2ccc(S(=O)(=O)N3CCCCCC3)cn2)c(=O)c1Cc1cccnc1. The summed E-state index contributed by atoms with van der Waals surface area (Å²) in [5, 5.41) is 3.04. The van der Waals surface area contributed by atoms with Gasteiger partial charge in [-0.15, -0.1) is 0 Å². The molecule has 0 spiro atoms. The maximum absolute atomic E-state index is 12.9. The lowest BCUT2D eigenvalue weighted by Gasteiger charge is -2.19. The summed E-state index contributed by atoms with van der Waals surface area (Å²) in [6.45, 7) is 2.91. The first-order valence-electron chi connectivity index (χ1n) is 10.1. The van der Waals surface area contributed by atoms with Crippen molar-refractivity contribution in [1.29, 1.82) is 0 Å². The molecule has 0 aromatic carbocycles. The van der Waals surface area contributed by atoms with Crippen molar-refractivity contribution in [1.82, 2.24) is 24.1 Å². The fourth-order valence-corrected chi connectivity index (χ4v) is 5.21. The molecule has 30 heavy (non-hydrogen) atoms. The molecule has 0 aliphatic carbocycles. The van der Waals surface area contributed by atoms with E-state index in [1.54, 1.807) is 18.5 Å². The first-order chi connectivity index (χ1) is 14.5. The molecule has 0 unspecified atom stereocenters. The Hall–Kier alpha value is -2.78. The van der Waals surface area contributed by atoms with Gasteiger partial charge in [0.15, 0.2) is 5.82 Å². The summed E-state index contributed by atoms with van der Waals surface area (Å²) in [5.74, 6) is 0.357. The zero-order chi connectivity index (χ0) is 21.1. The van der Waals surface area contributed by atoms with Crippen molar-refractivity contribution in [2.75, 3.05) is 13.1 Å². The van der Waals surface area contributed by atoms with Crippen LogP contribution in [-0.2, 0) is 16.4 Å². The lowest BCUT2D eigenvalue weighted by molar-refractivity contribution is 0.423. The molecule has 8 nitrogen and oxygen atoms in total. The Balaban J connectivity index is 1.60. The molecule has 9 heteroatoms. The highest BCUT2D eigenvalue weighted by atomic mass is 32.2. The van der Waals surface area contributed by atoms with Gasteiger partial charge in [0.1, 0.15) is 4.90 Å². The highest BCUT2D eigenvalue weighted by molar-refractivity contribution is 7.89. The summed E-state index contributed by atoms with van der Waals surface area (Å²) >= 11 is 0. The molecule has 1 saturated heterocycles. The number of H-pyrrole nitrogens is 1. The number of rotatable bonds is 5. The monoisotopic (exact) mass is 427 g/mol. The lowest BCUT2D eigenvalue weighted by Crippen LogP contribution is -2.32. The number of hydrogen-bond acceptors (Lipinski definition) is 5. The van der Waals surface area contributed by atoms with E-state index in [2.05, 4.69) is 15.1 Å². The van der Waals surface area contributed by atoms with Gasteiger partial charge in [-0.2, -0.15) is 4.31 Å². The number of aromatic nitrogens is 4. The maximum atomic E-state index is 12.9. The summed E-state index contributed by atoms with van der Waals surface area (Å²) in [4.78, 5) is 21.4. The average molecular weight is 428 g/mol. The summed E-state index contributed by atoms with van der Waals surface area (Å²) in [6, 6.07) is 6.84. The minimum absolute atomic E-state index is 0.153. The van der Waals surface area contributed by atoms with Crippen LogP contribution in [-0.4, -0.2) is 45.6 Å². The largest absolute Gasteiger partial charge is 0.294 e. The van der Waals surface area contributed by atoms with Crippen molar-refractivity contribution >= 4 is 10.0 Å². The van der Waals surface area contributed by atoms with Gasteiger partial charge in [0.25, 0.3) is 5.56 Å². The van der Waals surface area contributed by atoms with Crippen molar-refractivity contribution in [3.63, 3.8) is 0 Å². The van der Waals surface area contributed by atoms with Crippen LogP contribution in [0.15, 0.2) is 52.5 Å². The molecular weight excluding hydrogens is 402 g/mol. The van der Waals surface area contributed by atoms with Gasteiger partial charge in [-0.05, 0) is 43.5 Å². The van der Waals surface area contributed by atoms with Gasteiger partial charge in [-0.1, -0.05) is 18.9 Å². The van der Waals surface area contributed by atoms with Crippen molar-refractivity contribution in [3.05, 3.63) is 70.0 Å². The third kappa shape index (κ3) is 4.08. The molecular formula is C21H25N5O3S. The Morgan fingerprint density at radius 3 is 2.47 bits per heavy atom. The molecule has 3 aromatic heterocycles. The van der Waals surface area contributed by atoms with Gasteiger partial charge in [0.05, 0.1) is 0 Å². The molecule has 4 rings (SSSR count). The lowest BCUT2D eigenvalue weighted by atomic mass is 10.1. The Morgan fingerprint density at radius 2 is 1.83 bits per heavy atom. The number of sulfonamides is 1. The Bertz CT molecular complexity index is 1160. The minimum Gasteiger partial charge on any atom is -0.294 e. The second-order valence-electron chi connectivity index (χ2n) is 7.56. The first-order valence-corrected chi connectivity index (χ1v) is 11.6. The molecule has 0 atom stereocenters. The summed E-state index contributed by atoms with van der Waals surface area (Å²) in [7, 11) is -3.57. The van der Waals surface area contributed by atoms with E-state index in [4.69, 9.17) is 0 Å². The third-order valence-corrected chi connectivity index (χ3v) is 7.33. The van der Waals surface area contributed by atoms with Gasteiger partial charge in [0, 0.05) is 49.4 Å². The molecule has 1 aliphatic heterocycles. The van der Waals surface area contributed by atoms with Crippen LogP contribution in [0.4, 0.5) is 0 Å². The van der Waals surface area contributed by atoms with Gasteiger partial charge in [-0.25, -0.2) is 18.1 Å². The number of pyridine rings is 2. The third-order valence-electron chi connectivity index (χ3n) is 5.45. The van der Waals surface area contributed by atoms with Crippen molar-refractivity contribution in [2.45, 2.75) is 43.9 Å². The number of hydrogen-bond donors (Lipinski definition) is 1. The molecule has 158 valence electrons. The second-order valence-corrected chi connectivity index (χ2v) is 9.50. The number of aryl methyl sites for hydroxylation is 1. The molecule has 1 N–H and O–H groups in total. The van der Waals surface area contributed by atoms with Crippen LogP contribution in [0.1, 0.15) is 42.5 Å². The molecule has 0 radical (unpaired) electrons. The van der Waals surface area contributed by atoms with Gasteiger partial charge in [0.2, 0.25) is 10.0 Å². The molecule has 0 amide bonds. The fraction of sp³-hybridized carbons (Fsp3) is 0.381. The second kappa shape index (κ2) is 8.53. The first kappa shape index (κ1) is 20.5. The van der Waals surface area contributed by atoms with Crippen molar-refractivity contribution in [2.24, 2.45) is 0 Å². The van der Waals surface area contributed by atoms with Crippen molar-refractivity contribution < 1.29 is 8.42 Å². The van der Waals surface area contributed by atoms with Crippen LogP contribution in [0.5, 0.6) is 0 Å². The normalized spacial score (nSPS) is 15.8. The summed E-state index contributed by atoms with van der Waals surface area (Å²) in [5.41, 5.74) is 2.11. The van der Waals surface area contributed by atoms with Gasteiger partial charge in [-0.3, -0.25) is 14.9 Å². The maximum Gasteiger partial charge on any atom is 0.276 e. The van der Waals surface area contributed by atoms with Gasteiger partial charge >= 0.3 is 0 Å². The predicted octanol–water partition coefficient (Wildman–Crippen LogP) is 2.42. The molecule has 4 heterocycles. The zero-order valence-corrected chi connectivity index (χ0v) is 17.7. The van der Waals surface area contributed by atoms with E-state index in [-0.39, 0.29) is 10.5 Å². The van der Waals surface area contributed by atoms with Crippen LogP contribution in [0, 0.1) is 6.92 Å². The van der Waals surface area contributed by atoms with Crippen LogP contribution in [0.25, 0.3) is 5.82 Å². The number of aromatic amines is 1. The van der Waals surface area contributed by atoms with E-state index in [0.29, 0.717) is 30.9 Å². The molecule has 0 bridgehead atoms. The highest BCUT2D eigenvalue weighted by Crippen LogP contribution is 2.20. The quantitative estimate of drug-likeness (QED) is 0.674. The van der Waals surface area contributed by atoms with Crippen molar-refractivity contribution in [3.8, 4) is 5.82 Å². The molecule has 1 fully saturated rings. The Kier molecular flexibility index (Phi) is 5.83. The number of nitrogens with zero attached hydrogens (tertiary/aromatic N) is 4. The summed E-state index contributed by atoms with van der Waals surface area (Å²) < 4.78 is 28.7. The predicted molar refractivity (Wildman–Crippen MR) is 113 cm³/mol. The fourth-order valence-electron chi connectivity index (χ4n) is 3.75. The van der Waals surface area contributed by atoms with E-state index < -0.39 is 10.0 Å². The van der Waals surface area contributed by atoms with E-state index in [9.17, 15) is 13.2 Å². The van der Waals surface area contributed by atoms with Crippen LogP contribution in [0.3, 0.4) is 0 Å².